The zero-order chi connectivity index (χ0) is 16.2. The number of carbonyl (C=O) groups excluding carboxylic acids is 1. The van der Waals surface area contributed by atoms with E-state index in [2.05, 4.69) is 10.4 Å². The third-order valence-corrected chi connectivity index (χ3v) is 4.13. The summed E-state index contributed by atoms with van der Waals surface area (Å²) in [5, 5.41) is 6.98. The van der Waals surface area contributed by atoms with Gasteiger partial charge in [-0.25, -0.2) is 0 Å². The molecule has 22 heavy (non-hydrogen) atoms. The van der Waals surface area contributed by atoms with Gasteiger partial charge in [0.1, 0.15) is 0 Å². The normalized spacial score (nSPS) is 22.5. The van der Waals surface area contributed by atoms with Crippen LogP contribution in [-0.4, -0.2) is 27.9 Å². The zero-order valence-corrected chi connectivity index (χ0v) is 12.7. The fourth-order valence-electron chi connectivity index (χ4n) is 3.06. The van der Waals surface area contributed by atoms with Crippen LogP contribution in [0.1, 0.15) is 44.2 Å². The molecule has 0 unspecified atom stereocenters. The first kappa shape index (κ1) is 16.8. The summed E-state index contributed by atoms with van der Waals surface area (Å²) in [5.74, 6) is -0.683. The van der Waals surface area contributed by atoms with Crippen molar-refractivity contribution in [1.82, 2.24) is 15.1 Å². The molecule has 0 bridgehead atoms. The van der Waals surface area contributed by atoms with Gasteiger partial charge >= 0.3 is 6.18 Å². The Morgan fingerprint density at radius 1 is 1.41 bits per heavy atom. The first-order valence-electron chi connectivity index (χ1n) is 7.68. The fraction of sp³-hybridized carbons (Fsp3) is 0.733. The second-order valence-corrected chi connectivity index (χ2v) is 6.02. The molecule has 0 spiro atoms. The zero-order valence-electron chi connectivity index (χ0n) is 12.7. The van der Waals surface area contributed by atoms with Gasteiger partial charge in [0.25, 0.3) is 0 Å². The molecule has 124 valence electrons. The first-order chi connectivity index (χ1) is 10.3. The van der Waals surface area contributed by atoms with E-state index >= 15 is 0 Å². The maximum Gasteiger partial charge on any atom is 0.389 e. The number of hydrogen-bond acceptors (Lipinski definition) is 2. The third kappa shape index (κ3) is 5.35. The van der Waals surface area contributed by atoms with E-state index in [-0.39, 0.29) is 18.4 Å². The average Bonchev–Trinajstić information content (AvgIpc) is 2.83. The van der Waals surface area contributed by atoms with Gasteiger partial charge in [-0.1, -0.05) is 12.8 Å². The fourth-order valence-corrected chi connectivity index (χ4v) is 3.06. The van der Waals surface area contributed by atoms with Crippen LogP contribution >= 0.6 is 0 Å². The van der Waals surface area contributed by atoms with E-state index in [4.69, 9.17) is 0 Å². The minimum Gasteiger partial charge on any atom is -0.353 e. The summed E-state index contributed by atoms with van der Waals surface area (Å²) in [6.45, 7) is 0. The molecular weight excluding hydrogens is 295 g/mol. The van der Waals surface area contributed by atoms with E-state index in [0.717, 1.165) is 18.5 Å². The number of hydrogen-bond donors (Lipinski definition) is 1. The molecule has 1 aromatic heterocycles. The van der Waals surface area contributed by atoms with Crippen molar-refractivity contribution in [2.24, 2.45) is 13.0 Å². The minimum atomic E-state index is -4.17. The summed E-state index contributed by atoms with van der Waals surface area (Å²) >= 11 is 0. The number of amides is 1. The molecule has 1 N–H and O–H groups in total. The molecule has 1 fully saturated rings. The van der Waals surface area contributed by atoms with Gasteiger partial charge in [0.15, 0.2) is 0 Å². The lowest BCUT2D eigenvalue weighted by Gasteiger charge is -2.32. The van der Waals surface area contributed by atoms with E-state index < -0.39 is 18.5 Å². The minimum absolute atomic E-state index is 0.190. The first-order valence-corrected chi connectivity index (χ1v) is 7.68. The second kappa shape index (κ2) is 7.15. The van der Waals surface area contributed by atoms with Gasteiger partial charge < -0.3 is 5.32 Å². The van der Waals surface area contributed by atoms with Crippen LogP contribution in [0.15, 0.2) is 12.3 Å². The van der Waals surface area contributed by atoms with Gasteiger partial charge in [0, 0.05) is 38.5 Å². The molecule has 4 nitrogen and oxygen atoms in total. The van der Waals surface area contributed by atoms with Gasteiger partial charge in [-0.2, -0.15) is 18.3 Å². The standard InChI is InChI=1S/C15H22F3N3O/c1-21-9-8-12(20-21)6-7-14(22)19-13-5-3-2-4-11(13)10-15(16,17)18/h8-9,11,13H,2-7,10H2,1H3,(H,19,22)/t11-,13-/m0/s1. The third-order valence-electron chi connectivity index (χ3n) is 4.13. The molecule has 0 aromatic carbocycles. The van der Waals surface area contributed by atoms with Crippen LogP contribution in [0, 0.1) is 5.92 Å². The van der Waals surface area contributed by atoms with Crippen LogP contribution in [0.3, 0.4) is 0 Å². The van der Waals surface area contributed by atoms with Crippen LogP contribution in [0.25, 0.3) is 0 Å². The number of halogens is 3. The molecular formula is C15H22F3N3O. The Morgan fingerprint density at radius 2 is 2.14 bits per heavy atom. The molecule has 0 saturated heterocycles. The Hall–Kier alpha value is -1.53. The highest BCUT2D eigenvalue weighted by atomic mass is 19.4. The molecule has 2 atom stereocenters. The summed E-state index contributed by atoms with van der Waals surface area (Å²) in [6.07, 6.45) is 0.432. The molecule has 1 amide bonds. The number of nitrogens with zero attached hydrogens (tertiary/aromatic N) is 2. The van der Waals surface area contributed by atoms with Crippen LogP contribution < -0.4 is 5.32 Å². The SMILES string of the molecule is Cn1ccc(CCC(=O)N[C@H]2CCCC[C@H]2CC(F)(F)F)n1. The molecule has 7 heteroatoms. The number of carbonyl (C=O) groups is 1. The average molecular weight is 317 g/mol. The van der Waals surface area contributed by atoms with Crippen molar-refractivity contribution in [1.29, 1.82) is 0 Å². The Kier molecular flexibility index (Phi) is 5.47. The Bertz CT molecular complexity index is 498. The van der Waals surface area contributed by atoms with Crippen LogP contribution in [0.2, 0.25) is 0 Å². The number of rotatable bonds is 5. The molecule has 1 aromatic rings. The highest BCUT2D eigenvalue weighted by molar-refractivity contribution is 5.76. The smallest absolute Gasteiger partial charge is 0.353 e. The predicted octanol–water partition coefficient (Wildman–Crippen LogP) is 2.98. The quantitative estimate of drug-likeness (QED) is 0.907. The summed E-state index contributed by atoms with van der Waals surface area (Å²) < 4.78 is 39.5. The molecule has 1 saturated carbocycles. The van der Waals surface area contributed by atoms with Gasteiger partial charge in [0.05, 0.1) is 5.69 Å². The predicted molar refractivity (Wildman–Crippen MR) is 76.1 cm³/mol. The van der Waals surface area contributed by atoms with Crippen molar-refractivity contribution in [3.63, 3.8) is 0 Å². The van der Waals surface area contributed by atoms with E-state index in [1.165, 1.54) is 0 Å². The van der Waals surface area contributed by atoms with Crippen LogP contribution in [-0.2, 0) is 18.3 Å². The van der Waals surface area contributed by atoms with Crippen molar-refractivity contribution >= 4 is 5.91 Å². The van der Waals surface area contributed by atoms with Gasteiger partial charge in [-0.05, 0) is 24.8 Å². The van der Waals surface area contributed by atoms with Crippen molar-refractivity contribution in [3.8, 4) is 0 Å². The lowest BCUT2D eigenvalue weighted by molar-refractivity contribution is -0.150. The maximum atomic E-state index is 12.6. The van der Waals surface area contributed by atoms with Crippen LogP contribution in [0.5, 0.6) is 0 Å². The number of aryl methyl sites for hydroxylation is 2. The monoisotopic (exact) mass is 317 g/mol. The summed E-state index contributed by atoms with van der Waals surface area (Å²) in [6, 6.07) is 1.48. The highest BCUT2D eigenvalue weighted by Gasteiger charge is 2.37. The van der Waals surface area contributed by atoms with Gasteiger partial charge in [-0.3, -0.25) is 9.48 Å². The Morgan fingerprint density at radius 3 is 2.77 bits per heavy atom. The molecule has 1 heterocycles. The summed E-state index contributed by atoms with van der Waals surface area (Å²) in [7, 11) is 1.80. The molecule has 1 aliphatic rings. The highest BCUT2D eigenvalue weighted by Crippen LogP contribution is 2.34. The topological polar surface area (TPSA) is 46.9 Å². The summed E-state index contributed by atoms with van der Waals surface area (Å²) in [5.41, 5.74) is 0.813. The number of aromatic nitrogens is 2. The van der Waals surface area contributed by atoms with Gasteiger partial charge in [-0.15, -0.1) is 0 Å². The Labute approximate surface area is 128 Å². The molecule has 0 aliphatic heterocycles. The maximum absolute atomic E-state index is 12.6. The van der Waals surface area contributed by atoms with Crippen molar-refractivity contribution in [2.45, 2.75) is 57.2 Å². The van der Waals surface area contributed by atoms with E-state index in [0.29, 0.717) is 19.3 Å². The van der Waals surface area contributed by atoms with Crippen LogP contribution in [0.4, 0.5) is 13.2 Å². The lowest BCUT2D eigenvalue weighted by atomic mass is 9.82. The van der Waals surface area contributed by atoms with Gasteiger partial charge in [0.2, 0.25) is 5.91 Å². The largest absolute Gasteiger partial charge is 0.389 e. The number of alkyl halides is 3. The van der Waals surface area contributed by atoms with Crippen molar-refractivity contribution < 1.29 is 18.0 Å². The van der Waals surface area contributed by atoms with E-state index in [1.54, 1.807) is 17.9 Å². The molecule has 1 aliphatic carbocycles. The number of nitrogens with one attached hydrogen (secondary N) is 1. The lowest BCUT2D eigenvalue weighted by Crippen LogP contribution is -2.43. The van der Waals surface area contributed by atoms with Crippen molar-refractivity contribution in [3.05, 3.63) is 18.0 Å². The van der Waals surface area contributed by atoms with E-state index in [1.807, 2.05) is 6.07 Å². The Balaban J connectivity index is 1.82. The summed E-state index contributed by atoms with van der Waals surface area (Å²) in [4.78, 5) is 12.0. The van der Waals surface area contributed by atoms with E-state index in [9.17, 15) is 18.0 Å². The molecule has 2 rings (SSSR count). The second-order valence-electron chi connectivity index (χ2n) is 6.02. The van der Waals surface area contributed by atoms with Crippen molar-refractivity contribution in [2.75, 3.05) is 0 Å². The molecule has 0 radical (unpaired) electrons.